The molecule has 3 nitrogen and oxygen atoms in total. The number of likely N-dealkylation sites (N-methyl/N-ethyl adjacent to an activating group) is 1. The van der Waals surface area contributed by atoms with Gasteiger partial charge in [-0.2, -0.15) is 0 Å². The number of aliphatic hydroxyl groups is 1. The molecule has 1 aromatic carbocycles. The van der Waals surface area contributed by atoms with Gasteiger partial charge < -0.3 is 15.2 Å². The monoisotopic (exact) mass is 223 g/mol. The van der Waals surface area contributed by atoms with Crippen LogP contribution in [0.1, 0.15) is 24.0 Å². The molecule has 3 heteroatoms. The molecule has 0 bridgehead atoms. The normalized spacial score (nSPS) is 12.5. The number of nitrogens with one attached hydrogen (secondary N) is 1. The maximum absolute atomic E-state index is 9.33. The smallest absolute Gasteiger partial charge is 0.122 e. The van der Waals surface area contributed by atoms with Gasteiger partial charge in [0.25, 0.3) is 0 Å². The Bertz CT molecular complexity index is 326. The fourth-order valence-corrected chi connectivity index (χ4v) is 1.86. The van der Waals surface area contributed by atoms with Crippen LogP contribution in [0.2, 0.25) is 0 Å². The van der Waals surface area contributed by atoms with E-state index in [1.165, 1.54) is 5.56 Å². The molecule has 1 unspecified atom stereocenters. The van der Waals surface area contributed by atoms with E-state index >= 15 is 0 Å². The van der Waals surface area contributed by atoms with Crippen LogP contribution in [0.3, 0.4) is 0 Å². The summed E-state index contributed by atoms with van der Waals surface area (Å²) in [6, 6.07) is 6.12. The van der Waals surface area contributed by atoms with Gasteiger partial charge in [0.2, 0.25) is 0 Å². The molecular weight excluding hydrogens is 202 g/mol. The van der Waals surface area contributed by atoms with Crippen molar-refractivity contribution >= 4 is 0 Å². The zero-order chi connectivity index (χ0) is 12.0. The molecule has 0 amide bonds. The number of aliphatic hydroxyl groups excluding tert-OH is 1. The maximum Gasteiger partial charge on any atom is 0.122 e. The van der Waals surface area contributed by atoms with Gasteiger partial charge in [-0.3, -0.25) is 0 Å². The molecule has 90 valence electrons. The Morgan fingerprint density at radius 1 is 1.44 bits per heavy atom. The molecule has 0 aliphatic heterocycles. The van der Waals surface area contributed by atoms with Gasteiger partial charge in [0.15, 0.2) is 0 Å². The van der Waals surface area contributed by atoms with Crippen molar-refractivity contribution in [3.05, 3.63) is 29.3 Å². The van der Waals surface area contributed by atoms with Crippen molar-refractivity contribution in [2.24, 2.45) is 0 Å². The predicted octanol–water partition coefficient (Wildman–Crippen LogP) is 1.55. The van der Waals surface area contributed by atoms with Gasteiger partial charge in [0.05, 0.1) is 13.7 Å². The van der Waals surface area contributed by atoms with Crippen molar-refractivity contribution in [1.29, 1.82) is 0 Å². The lowest BCUT2D eigenvalue weighted by molar-refractivity contribution is 0.263. The van der Waals surface area contributed by atoms with Gasteiger partial charge in [-0.15, -0.1) is 0 Å². The fraction of sp³-hybridized carbons (Fsp3) is 0.538. The molecular formula is C13H21NO2. The van der Waals surface area contributed by atoms with Crippen LogP contribution in [0.25, 0.3) is 0 Å². The van der Waals surface area contributed by atoms with E-state index in [0.29, 0.717) is 0 Å². The Morgan fingerprint density at radius 2 is 2.19 bits per heavy atom. The summed E-state index contributed by atoms with van der Waals surface area (Å²) >= 11 is 0. The van der Waals surface area contributed by atoms with Crippen molar-refractivity contribution in [2.75, 3.05) is 27.3 Å². The first kappa shape index (κ1) is 13.0. The Hall–Kier alpha value is -1.06. The third kappa shape index (κ3) is 2.97. The predicted molar refractivity (Wildman–Crippen MR) is 66.1 cm³/mol. The molecule has 0 fully saturated rings. The molecule has 16 heavy (non-hydrogen) atoms. The number of ether oxygens (including phenoxy) is 1. The van der Waals surface area contributed by atoms with Crippen LogP contribution in [0, 0.1) is 0 Å². The lowest BCUT2D eigenvalue weighted by Crippen LogP contribution is -2.20. The molecule has 0 radical (unpaired) electrons. The summed E-state index contributed by atoms with van der Waals surface area (Å²) in [5.41, 5.74) is 2.35. The first-order valence-electron chi connectivity index (χ1n) is 5.69. The van der Waals surface area contributed by atoms with Crippen LogP contribution >= 0.6 is 0 Å². The van der Waals surface area contributed by atoms with Gasteiger partial charge >= 0.3 is 0 Å². The number of methoxy groups -OCH3 is 1. The SMILES string of the molecule is CCc1cc(C(CO)CNC)ccc1OC. The zero-order valence-electron chi connectivity index (χ0n) is 10.3. The Kier molecular flexibility index (Phi) is 5.29. The van der Waals surface area contributed by atoms with E-state index < -0.39 is 0 Å². The fourth-order valence-electron chi connectivity index (χ4n) is 1.86. The molecule has 1 rings (SSSR count). The summed E-state index contributed by atoms with van der Waals surface area (Å²) in [5.74, 6) is 1.08. The third-order valence-electron chi connectivity index (χ3n) is 2.83. The van der Waals surface area contributed by atoms with E-state index in [1.54, 1.807) is 7.11 Å². The molecule has 0 aliphatic rings. The number of benzene rings is 1. The topological polar surface area (TPSA) is 41.5 Å². The average molecular weight is 223 g/mol. The molecule has 0 aliphatic carbocycles. The zero-order valence-corrected chi connectivity index (χ0v) is 10.3. The van der Waals surface area contributed by atoms with E-state index in [-0.39, 0.29) is 12.5 Å². The van der Waals surface area contributed by atoms with Crippen LogP contribution in [-0.4, -0.2) is 32.4 Å². The quantitative estimate of drug-likeness (QED) is 0.769. The van der Waals surface area contributed by atoms with Crippen molar-refractivity contribution < 1.29 is 9.84 Å². The van der Waals surface area contributed by atoms with Crippen LogP contribution in [-0.2, 0) is 6.42 Å². The van der Waals surface area contributed by atoms with E-state index in [9.17, 15) is 5.11 Å². The minimum Gasteiger partial charge on any atom is -0.496 e. The standard InChI is InChI=1S/C13H21NO2/c1-4-10-7-11(5-6-13(10)16-3)12(9-15)8-14-2/h5-7,12,14-15H,4,8-9H2,1-3H3. The average Bonchev–Trinajstić information content (AvgIpc) is 2.35. The second kappa shape index (κ2) is 6.51. The van der Waals surface area contributed by atoms with Gasteiger partial charge in [0, 0.05) is 12.5 Å². The summed E-state index contributed by atoms with van der Waals surface area (Å²) in [6.07, 6.45) is 0.939. The van der Waals surface area contributed by atoms with Gasteiger partial charge in [-0.1, -0.05) is 19.1 Å². The van der Waals surface area contributed by atoms with Crippen LogP contribution in [0.4, 0.5) is 0 Å². The highest BCUT2D eigenvalue weighted by Crippen LogP contribution is 2.24. The third-order valence-corrected chi connectivity index (χ3v) is 2.83. The summed E-state index contributed by atoms with van der Waals surface area (Å²) in [7, 11) is 3.58. The molecule has 0 saturated carbocycles. The molecule has 2 N–H and O–H groups in total. The molecule has 0 spiro atoms. The lowest BCUT2D eigenvalue weighted by atomic mass is 9.96. The Labute approximate surface area is 97.4 Å². The highest BCUT2D eigenvalue weighted by atomic mass is 16.5. The highest BCUT2D eigenvalue weighted by molar-refractivity contribution is 5.38. The first-order valence-corrected chi connectivity index (χ1v) is 5.69. The molecule has 1 aromatic rings. The minimum atomic E-state index is 0.154. The van der Waals surface area contributed by atoms with Gasteiger partial charge in [-0.25, -0.2) is 0 Å². The number of rotatable bonds is 6. The van der Waals surface area contributed by atoms with E-state index in [2.05, 4.69) is 18.3 Å². The summed E-state index contributed by atoms with van der Waals surface area (Å²) in [5, 5.41) is 12.4. The Balaban J connectivity index is 2.96. The van der Waals surface area contributed by atoms with Crippen molar-refractivity contribution in [3.63, 3.8) is 0 Å². The summed E-state index contributed by atoms with van der Waals surface area (Å²) in [4.78, 5) is 0. The van der Waals surface area contributed by atoms with E-state index in [1.807, 2.05) is 19.2 Å². The molecule has 0 heterocycles. The number of aryl methyl sites for hydroxylation is 1. The molecule has 0 saturated heterocycles. The minimum absolute atomic E-state index is 0.154. The van der Waals surface area contributed by atoms with Crippen LogP contribution in [0.15, 0.2) is 18.2 Å². The van der Waals surface area contributed by atoms with Gasteiger partial charge in [-0.05, 0) is 30.7 Å². The summed E-state index contributed by atoms with van der Waals surface area (Å²) < 4.78 is 5.29. The molecule has 1 atom stereocenters. The maximum atomic E-state index is 9.33. The molecule has 0 aromatic heterocycles. The second-order valence-corrected chi connectivity index (χ2v) is 3.86. The van der Waals surface area contributed by atoms with Gasteiger partial charge in [0.1, 0.15) is 5.75 Å². The lowest BCUT2D eigenvalue weighted by Gasteiger charge is -2.16. The number of hydrogen-bond acceptors (Lipinski definition) is 3. The van der Waals surface area contributed by atoms with E-state index in [0.717, 1.165) is 24.3 Å². The Morgan fingerprint density at radius 3 is 2.69 bits per heavy atom. The summed E-state index contributed by atoms with van der Waals surface area (Å²) in [6.45, 7) is 3.05. The second-order valence-electron chi connectivity index (χ2n) is 3.86. The van der Waals surface area contributed by atoms with Crippen LogP contribution in [0.5, 0.6) is 5.75 Å². The van der Waals surface area contributed by atoms with Crippen molar-refractivity contribution in [2.45, 2.75) is 19.3 Å². The van der Waals surface area contributed by atoms with Crippen LogP contribution < -0.4 is 10.1 Å². The largest absolute Gasteiger partial charge is 0.496 e. The van der Waals surface area contributed by atoms with E-state index in [4.69, 9.17) is 4.74 Å². The highest BCUT2D eigenvalue weighted by Gasteiger charge is 2.11. The first-order chi connectivity index (χ1) is 7.76. The van der Waals surface area contributed by atoms with Crippen molar-refractivity contribution in [3.8, 4) is 5.75 Å². The number of hydrogen-bond donors (Lipinski definition) is 2. The van der Waals surface area contributed by atoms with Crippen molar-refractivity contribution in [1.82, 2.24) is 5.32 Å².